The molecule has 0 amide bonds. The van der Waals surface area contributed by atoms with Crippen molar-refractivity contribution in [3.05, 3.63) is 41.8 Å². The van der Waals surface area contributed by atoms with Gasteiger partial charge in [0.2, 0.25) is 11.6 Å². The van der Waals surface area contributed by atoms with Crippen molar-refractivity contribution >= 4 is 17.3 Å². The summed E-state index contributed by atoms with van der Waals surface area (Å²) in [6.07, 6.45) is 0.363. The van der Waals surface area contributed by atoms with Crippen LogP contribution in [0.3, 0.4) is 0 Å². The Kier molecular flexibility index (Phi) is 3.62. The predicted octanol–water partition coefficient (Wildman–Crippen LogP) is 0.652. The van der Waals surface area contributed by atoms with Crippen LogP contribution in [-0.4, -0.2) is 42.8 Å². The highest BCUT2D eigenvalue weighted by Gasteiger charge is 2.34. The van der Waals surface area contributed by atoms with Gasteiger partial charge < -0.3 is 20.1 Å². The summed E-state index contributed by atoms with van der Waals surface area (Å²) in [5, 5.41) is 0. The van der Waals surface area contributed by atoms with Gasteiger partial charge in [0.15, 0.2) is 12.0 Å². The molecule has 1 aromatic rings. The number of allylic oxidation sites excluding steroid dienone is 1. The number of morpholine rings is 1. The molecule has 1 fully saturated rings. The molecule has 6 heteroatoms. The topological polar surface area (TPSA) is 81.9 Å². The van der Waals surface area contributed by atoms with Gasteiger partial charge in [0.25, 0.3) is 0 Å². The van der Waals surface area contributed by atoms with Crippen LogP contribution in [0.5, 0.6) is 0 Å². The number of Topliss-reactive ketones (excluding diaryl/α,β-unsaturated/α-hetero) is 1. The Balaban J connectivity index is 1.85. The van der Waals surface area contributed by atoms with Crippen LogP contribution in [0.15, 0.2) is 36.2 Å². The number of ketones is 2. The Bertz CT molecular complexity index is 588. The molecule has 2 aliphatic rings. The molecule has 3 rings (SSSR count). The van der Waals surface area contributed by atoms with Gasteiger partial charge in [0.05, 0.1) is 13.2 Å². The normalized spacial score (nSPS) is 22.8. The van der Waals surface area contributed by atoms with E-state index in [4.69, 9.17) is 15.2 Å². The van der Waals surface area contributed by atoms with Crippen LogP contribution >= 0.6 is 0 Å². The Morgan fingerprint density at radius 1 is 1.10 bits per heavy atom. The fraction of sp³-hybridized carbons (Fsp3) is 0.333. The quantitative estimate of drug-likeness (QED) is 0.635. The lowest BCUT2D eigenvalue weighted by molar-refractivity contribution is -0.144. The van der Waals surface area contributed by atoms with Crippen molar-refractivity contribution < 1.29 is 19.1 Å². The number of hydrogen-bond donors (Lipinski definition) is 1. The maximum atomic E-state index is 12.0. The Hall–Kier alpha value is -2.34. The van der Waals surface area contributed by atoms with E-state index in [9.17, 15) is 9.59 Å². The first kappa shape index (κ1) is 13.6. The van der Waals surface area contributed by atoms with Gasteiger partial charge in [-0.1, -0.05) is 12.1 Å². The van der Waals surface area contributed by atoms with E-state index in [-0.39, 0.29) is 0 Å². The van der Waals surface area contributed by atoms with E-state index in [1.807, 2.05) is 4.90 Å². The lowest BCUT2D eigenvalue weighted by atomic mass is 10.0. The predicted molar refractivity (Wildman–Crippen MR) is 75.2 cm³/mol. The number of carbonyl (C=O) groups is 2. The van der Waals surface area contributed by atoms with Crippen molar-refractivity contribution in [2.45, 2.75) is 6.10 Å². The number of anilines is 1. The maximum Gasteiger partial charge on any atom is 0.247 e. The second-order valence-corrected chi connectivity index (χ2v) is 4.98. The molecule has 0 bridgehead atoms. The molecule has 6 nitrogen and oxygen atoms in total. The molecule has 0 spiro atoms. The molecule has 110 valence electrons. The monoisotopic (exact) mass is 288 g/mol. The molecule has 21 heavy (non-hydrogen) atoms. The van der Waals surface area contributed by atoms with Gasteiger partial charge in [-0.05, 0) is 12.1 Å². The van der Waals surface area contributed by atoms with Crippen LogP contribution in [0, 0.1) is 0 Å². The highest BCUT2D eigenvalue weighted by atomic mass is 16.5. The number of nitrogens with zero attached hydrogens (tertiary/aromatic N) is 1. The number of carbonyl (C=O) groups excluding carboxylic acids is 2. The minimum Gasteiger partial charge on any atom is -0.462 e. The van der Waals surface area contributed by atoms with Gasteiger partial charge in [0.1, 0.15) is 0 Å². The molecule has 1 aromatic carbocycles. The molecule has 2 heterocycles. The van der Waals surface area contributed by atoms with Gasteiger partial charge in [-0.3, -0.25) is 9.59 Å². The summed E-state index contributed by atoms with van der Waals surface area (Å²) in [7, 11) is 0. The summed E-state index contributed by atoms with van der Waals surface area (Å²) in [5.74, 6) is -0.661. The van der Waals surface area contributed by atoms with Crippen molar-refractivity contribution in [2.75, 3.05) is 32.0 Å². The van der Waals surface area contributed by atoms with Crippen molar-refractivity contribution in [3.8, 4) is 0 Å². The van der Waals surface area contributed by atoms with Crippen molar-refractivity contribution in [1.82, 2.24) is 4.90 Å². The second-order valence-electron chi connectivity index (χ2n) is 4.98. The van der Waals surface area contributed by atoms with Gasteiger partial charge in [-0.15, -0.1) is 0 Å². The molecular weight excluding hydrogens is 272 g/mol. The number of ether oxygens (including phenoxy) is 2. The highest BCUT2D eigenvalue weighted by molar-refractivity contribution is 6.43. The smallest absolute Gasteiger partial charge is 0.247 e. The van der Waals surface area contributed by atoms with Crippen LogP contribution in [-0.2, 0) is 19.1 Å². The third kappa shape index (κ3) is 2.75. The van der Waals surface area contributed by atoms with Crippen molar-refractivity contribution in [3.63, 3.8) is 0 Å². The standard InChI is InChI=1S/C15H16N2O4/c16-11-3-1-10(2-4-11)15-14(19)12(18)9-13(21-15)17-5-7-20-8-6-17/h1-4,9,15H,5-8,16H2. The number of rotatable bonds is 2. The molecule has 0 radical (unpaired) electrons. The molecule has 2 N–H and O–H groups in total. The van der Waals surface area contributed by atoms with E-state index in [2.05, 4.69) is 0 Å². The molecule has 0 saturated carbocycles. The third-order valence-corrected chi connectivity index (χ3v) is 3.54. The van der Waals surface area contributed by atoms with Crippen LogP contribution < -0.4 is 5.73 Å². The molecule has 1 unspecified atom stereocenters. The van der Waals surface area contributed by atoms with E-state index >= 15 is 0 Å². The summed E-state index contributed by atoms with van der Waals surface area (Å²) in [5.41, 5.74) is 6.86. The minimum absolute atomic E-state index is 0.435. The van der Waals surface area contributed by atoms with Crippen molar-refractivity contribution in [2.24, 2.45) is 0 Å². The van der Waals surface area contributed by atoms with Crippen LogP contribution in [0.1, 0.15) is 11.7 Å². The minimum atomic E-state index is -0.902. The Morgan fingerprint density at radius 2 is 1.76 bits per heavy atom. The fourth-order valence-corrected chi connectivity index (χ4v) is 2.36. The average Bonchev–Trinajstić information content (AvgIpc) is 2.52. The van der Waals surface area contributed by atoms with Gasteiger partial charge in [0, 0.05) is 30.4 Å². The van der Waals surface area contributed by atoms with Gasteiger partial charge in [-0.25, -0.2) is 0 Å². The molecule has 1 saturated heterocycles. The fourth-order valence-electron chi connectivity index (χ4n) is 2.36. The number of nitrogen functional groups attached to an aromatic ring is 1. The van der Waals surface area contributed by atoms with Crippen LogP contribution in [0.4, 0.5) is 5.69 Å². The van der Waals surface area contributed by atoms with E-state index in [0.29, 0.717) is 43.4 Å². The summed E-state index contributed by atoms with van der Waals surface area (Å²) >= 11 is 0. The first-order valence-corrected chi connectivity index (χ1v) is 6.80. The summed E-state index contributed by atoms with van der Waals surface area (Å²) in [6.45, 7) is 2.44. The maximum absolute atomic E-state index is 12.0. The number of nitrogens with two attached hydrogens (primary N) is 1. The summed E-state index contributed by atoms with van der Waals surface area (Å²) in [6, 6.07) is 6.77. The lowest BCUT2D eigenvalue weighted by Gasteiger charge is -2.34. The highest BCUT2D eigenvalue weighted by Crippen LogP contribution is 2.28. The van der Waals surface area contributed by atoms with Crippen LogP contribution in [0.2, 0.25) is 0 Å². The molecular formula is C15H16N2O4. The van der Waals surface area contributed by atoms with Gasteiger partial charge in [-0.2, -0.15) is 0 Å². The zero-order valence-corrected chi connectivity index (χ0v) is 11.5. The van der Waals surface area contributed by atoms with Gasteiger partial charge >= 0.3 is 0 Å². The first-order valence-electron chi connectivity index (χ1n) is 6.80. The lowest BCUT2D eigenvalue weighted by Crippen LogP contribution is -2.40. The Labute approximate surface area is 122 Å². The molecule has 0 aromatic heterocycles. The number of hydrogen-bond acceptors (Lipinski definition) is 6. The number of benzene rings is 1. The summed E-state index contributed by atoms with van der Waals surface area (Å²) < 4.78 is 11.0. The largest absolute Gasteiger partial charge is 0.462 e. The zero-order chi connectivity index (χ0) is 14.8. The zero-order valence-electron chi connectivity index (χ0n) is 11.5. The van der Waals surface area contributed by atoms with E-state index < -0.39 is 17.7 Å². The first-order chi connectivity index (χ1) is 10.1. The van der Waals surface area contributed by atoms with E-state index in [1.54, 1.807) is 24.3 Å². The second kappa shape index (κ2) is 5.57. The molecule has 0 aliphatic carbocycles. The van der Waals surface area contributed by atoms with E-state index in [1.165, 1.54) is 6.08 Å². The molecule has 1 atom stereocenters. The Morgan fingerprint density at radius 3 is 2.43 bits per heavy atom. The average molecular weight is 288 g/mol. The van der Waals surface area contributed by atoms with E-state index in [0.717, 1.165) is 0 Å². The van der Waals surface area contributed by atoms with Crippen molar-refractivity contribution in [1.29, 1.82) is 0 Å². The SMILES string of the molecule is Nc1ccc(C2OC(N3CCOCC3)=CC(=O)C2=O)cc1. The summed E-state index contributed by atoms with van der Waals surface area (Å²) in [4.78, 5) is 25.9. The molecule has 2 aliphatic heterocycles. The van der Waals surface area contributed by atoms with Crippen LogP contribution in [0.25, 0.3) is 0 Å². The third-order valence-electron chi connectivity index (χ3n) is 3.54.